The summed E-state index contributed by atoms with van der Waals surface area (Å²) in [5.41, 5.74) is 8.41. The Morgan fingerprint density at radius 1 is 1.00 bits per heavy atom. The third kappa shape index (κ3) is 5.60. The monoisotopic (exact) mass is 549 g/mol. The lowest BCUT2D eigenvalue weighted by Crippen LogP contribution is -2.34. The number of aromatic nitrogens is 2. The fourth-order valence-electron chi connectivity index (χ4n) is 6.05. The van der Waals surface area contributed by atoms with Crippen LogP contribution in [-0.4, -0.2) is 40.6 Å². The van der Waals surface area contributed by atoms with Crippen molar-refractivity contribution >= 4 is 28.2 Å². The Morgan fingerprint density at radius 2 is 1.80 bits per heavy atom. The maximum atomic E-state index is 11.8. The van der Waals surface area contributed by atoms with Crippen LogP contribution in [0.25, 0.3) is 21.5 Å². The highest BCUT2D eigenvalue weighted by Crippen LogP contribution is 2.31. The van der Waals surface area contributed by atoms with Gasteiger partial charge in [0.15, 0.2) is 0 Å². The predicted octanol–water partition coefficient (Wildman–Crippen LogP) is 7.36. The number of thiazole rings is 1. The molecule has 5 aromatic rings. The zero-order valence-corrected chi connectivity index (χ0v) is 24.0. The van der Waals surface area contributed by atoms with E-state index >= 15 is 0 Å². The van der Waals surface area contributed by atoms with Gasteiger partial charge < -0.3 is 9.30 Å². The van der Waals surface area contributed by atoms with E-state index in [1.807, 2.05) is 35.8 Å². The van der Waals surface area contributed by atoms with E-state index in [-0.39, 0.29) is 5.97 Å². The molecule has 204 valence electrons. The van der Waals surface area contributed by atoms with Gasteiger partial charge >= 0.3 is 5.97 Å². The van der Waals surface area contributed by atoms with Crippen molar-refractivity contribution < 1.29 is 9.53 Å². The van der Waals surface area contributed by atoms with Crippen LogP contribution in [0, 0.1) is 12.8 Å². The molecule has 6 rings (SSSR count). The van der Waals surface area contributed by atoms with Crippen LogP contribution in [0.5, 0.6) is 0 Å². The number of methoxy groups -OCH3 is 1. The first kappa shape index (κ1) is 26.5. The molecule has 0 spiro atoms. The molecular formula is C34H35N3O2S. The van der Waals surface area contributed by atoms with E-state index in [1.165, 1.54) is 58.8 Å². The lowest BCUT2D eigenvalue weighted by atomic mass is 9.96. The summed E-state index contributed by atoms with van der Waals surface area (Å²) in [6.45, 7) is 6.58. The largest absolute Gasteiger partial charge is 0.465 e. The minimum absolute atomic E-state index is 0.297. The summed E-state index contributed by atoms with van der Waals surface area (Å²) in [6, 6.07) is 25.4. The third-order valence-corrected chi connectivity index (χ3v) is 9.10. The second-order valence-electron chi connectivity index (χ2n) is 10.8. The highest BCUT2D eigenvalue weighted by Gasteiger charge is 2.22. The van der Waals surface area contributed by atoms with Crippen molar-refractivity contribution in [2.24, 2.45) is 5.92 Å². The molecule has 0 amide bonds. The molecule has 0 atom stereocenters. The molecular weight excluding hydrogens is 514 g/mol. The van der Waals surface area contributed by atoms with Crippen molar-refractivity contribution in [3.8, 4) is 10.6 Å². The number of carbonyl (C=O) groups excluding carboxylic acids is 1. The molecule has 0 N–H and O–H groups in total. The molecule has 1 fully saturated rings. The summed E-state index contributed by atoms with van der Waals surface area (Å²) >= 11 is 1.69. The lowest BCUT2D eigenvalue weighted by molar-refractivity contribution is 0.0600. The Balaban J connectivity index is 1.13. The summed E-state index contributed by atoms with van der Waals surface area (Å²) < 4.78 is 7.40. The molecule has 3 heterocycles. The Morgan fingerprint density at radius 3 is 2.55 bits per heavy atom. The van der Waals surface area contributed by atoms with Gasteiger partial charge in [-0.15, -0.1) is 11.3 Å². The zero-order valence-electron chi connectivity index (χ0n) is 23.2. The van der Waals surface area contributed by atoms with Crippen molar-refractivity contribution in [1.82, 2.24) is 14.5 Å². The summed E-state index contributed by atoms with van der Waals surface area (Å²) in [6.07, 6.45) is 5.14. The van der Waals surface area contributed by atoms with E-state index in [2.05, 4.69) is 69.9 Å². The number of piperidine rings is 1. The Hall–Kier alpha value is -3.74. The lowest BCUT2D eigenvalue weighted by Gasteiger charge is -2.32. The first-order valence-corrected chi connectivity index (χ1v) is 14.9. The second-order valence-corrected chi connectivity index (χ2v) is 11.7. The highest BCUT2D eigenvalue weighted by atomic mass is 32.1. The van der Waals surface area contributed by atoms with Gasteiger partial charge in [0.2, 0.25) is 0 Å². The number of likely N-dealkylation sites (tertiary alicyclic amines) is 1. The smallest absolute Gasteiger partial charge is 0.337 e. The maximum Gasteiger partial charge on any atom is 0.337 e. The molecule has 1 aliphatic heterocycles. The summed E-state index contributed by atoms with van der Waals surface area (Å²) in [5, 5.41) is 4.46. The summed E-state index contributed by atoms with van der Waals surface area (Å²) in [7, 11) is 1.42. The van der Waals surface area contributed by atoms with E-state index in [9.17, 15) is 4.79 Å². The maximum absolute atomic E-state index is 11.8. The highest BCUT2D eigenvalue weighted by molar-refractivity contribution is 7.13. The van der Waals surface area contributed by atoms with Gasteiger partial charge in [0.25, 0.3) is 0 Å². The zero-order chi connectivity index (χ0) is 27.5. The molecule has 0 bridgehead atoms. The van der Waals surface area contributed by atoms with Crippen LogP contribution in [0.2, 0.25) is 0 Å². The van der Waals surface area contributed by atoms with Crippen molar-refractivity contribution in [3.63, 3.8) is 0 Å². The van der Waals surface area contributed by atoms with Gasteiger partial charge in [-0.2, -0.15) is 0 Å². The number of hydrogen-bond acceptors (Lipinski definition) is 5. The Bertz CT molecular complexity index is 1600. The van der Waals surface area contributed by atoms with Crippen LogP contribution >= 0.6 is 11.3 Å². The number of esters is 1. The van der Waals surface area contributed by atoms with Crippen LogP contribution in [0.15, 0.2) is 84.4 Å². The number of fused-ring (bicyclic) bond motifs is 1. The average molecular weight is 550 g/mol. The van der Waals surface area contributed by atoms with Crippen molar-refractivity contribution in [1.29, 1.82) is 0 Å². The number of ether oxygens (including phenoxy) is 1. The fourth-order valence-corrected chi connectivity index (χ4v) is 6.69. The molecule has 0 aliphatic carbocycles. The standard InChI is InChI=1S/C34H35N3O2S/c1-24-31(21-25-10-12-28(13-11-25)34(38)39-2)30-8-3-4-9-32(30)37(24)23-26-14-17-36(18-15-26)22-27-6-5-7-29(20-27)33-35-16-19-40-33/h3-13,16,19-20,26H,14-15,17-18,21-23H2,1-2H3. The first-order chi connectivity index (χ1) is 19.6. The van der Waals surface area contributed by atoms with E-state index in [0.717, 1.165) is 37.6 Å². The number of para-hydroxylation sites is 1. The van der Waals surface area contributed by atoms with Gasteiger partial charge in [-0.1, -0.05) is 48.5 Å². The second kappa shape index (κ2) is 11.8. The van der Waals surface area contributed by atoms with Crippen LogP contribution in [-0.2, 0) is 24.2 Å². The molecule has 1 saturated heterocycles. The molecule has 1 aliphatic rings. The molecule has 40 heavy (non-hydrogen) atoms. The quantitative estimate of drug-likeness (QED) is 0.190. The van der Waals surface area contributed by atoms with Crippen molar-refractivity contribution in [2.45, 2.75) is 39.3 Å². The SMILES string of the molecule is COC(=O)c1ccc(Cc2c(C)n(CC3CCN(Cc4cccc(-c5nccs5)c4)CC3)c3ccccc23)cc1. The molecule has 0 unspecified atom stereocenters. The average Bonchev–Trinajstić information content (AvgIpc) is 3.62. The number of carbonyl (C=O) groups is 1. The topological polar surface area (TPSA) is 47.4 Å². The van der Waals surface area contributed by atoms with E-state index in [0.29, 0.717) is 11.5 Å². The molecule has 2 aromatic heterocycles. The van der Waals surface area contributed by atoms with E-state index < -0.39 is 0 Å². The van der Waals surface area contributed by atoms with Gasteiger partial charge in [0, 0.05) is 46.8 Å². The summed E-state index contributed by atoms with van der Waals surface area (Å²) in [5.74, 6) is 0.370. The number of hydrogen-bond donors (Lipinski definition) is 0. The number of benzene rings is 3. The van der Waals surface area contributed by atoms with Gasteiger partial charge in [0.05, 0.1) is 12.7 Å². The summed E-state index contributed by atoms with van der Waals surface area (Å²) in [4.78, 5) is 18.9. The molecule has 0 radical (unpaired) electrons. The van der Waals surface area contributed by atoms with Crippen molar-refractivity contribution in [3.05, 3.63) is 112 Å². The Kier molecular flexibility index (Phi) is 7.80. The minimum Gasteiger partial charge on any atom is -0.465 e. The van der Waals surface area contributed by atoms with Crippen LogP contribution in [0.4, 0.5) is 0 Å². The van der Waals surface area contributed by atoms with E-state index in [1.54, 1.807) is 11.3 Å². The number of nitrogens with zero attached hydrogens (tertiary/aromatic N) is 3. The van der Waals surface area contributed by atoms with E-state index in [4.69, 9.17) is 4.74 Å². The van der Waals surface area contributed by atoms with Gasteiger partial charge in [-0.05, 0) is 86.1 Å². The van der Waals surface area contributed by atoms with Crippen molar-refractivity contribution in [2.75, 3.05) is 20.2 Å². The predicted molar refractivity (Wildman–Crippen MR) is 163 cm³/mol. The van der Waals surface area contributed by atoms with Crippen LogP contribution in [0.1, 0.15) is 45.6 Å². The first-order valence-electron chi connectivity index (χ1n) is 14.0. The molecule has 3 aromatic carbocycles. The van der Waals surface area contributed by atoms with Gasteiger partial charge in [-0.3, -0.25) is 4.90 Å². The molecule has 5 nitrogen and oxygen atoms in total. The normalized spacial score (nSPS) is 14.6. The molecule has 0 saturated carbocycles. The van der Waals surface area contributed by atoms with Gasteiger partial charge in [-0.25, -0.2) is 9.78 Å². The van der Waals surface area contributed by atoms with Crippen LogP contribution < -0.4 is 0 Å². The third-order valence-electron chi connectivity index (χ3n) is 8.28. The molecule has 6 heteroatoms. The van der Waals surface area contributed by atoms with Gasteiger partial charge in [0.1, 0.15) is 5.01 Å². The fraction of sp³-hybridized carbons (Fsp3) is 0.294. The van der Waals surface area contributed by atoms with Crippen LogP contribution in [0.3, 0.4) is 0 Å². The number of rotatable bonds is 8. The minimum atomic E-state index is -0.297. The Labute approximate surface area is 240 Å².